The standard InChI is InChI=1S/C25H29N3O4/c1-18-23(19(2)32-27-18)17-31-22-10-6-9-21(15-22)25(29)26-24(20-7-4-3-5-8-20)16-28-11-13-30-14-12-28/h3-10,15,24H,11-14,16-17H2,1-2H3,(H,26,29)/t24-/m0/s1. The first-order valence-electron chi connectivity index (χ1n) is 10.9. The number of carbonyl (C=O) groups is 1. The third-order valence-corrected chi connectivity index (χ3v) is 5.71. The molecule has 7 heteroatoms. The van der Waals surface area contributed by atoms with Gasteiger partial charge in [-0.3, -0.25) is 9.69 Å². The maximum Gasteiger partial charge on any atom is 0.251 e. The fourth-order valence-electron chi connectivity index (χ4n) is 3.79. The van der Waals surface area contributed by atoms with Crippen molar-refractivity contribution < 1.29 is 18.8 Å². The Balaban J connectivity index is 1.45. The number of morpholine rings is 1. The quantitative estimate of drug-likeness (QED) is 0.582. The summed E-state index contributed by atoms with van der Waals surface area (Å²) in [6, 6.07) is 17.2. The minimum Gasteiger partial charge on any atom is -0.489 e. The summed E-state index contributed by atoms with van der Waals surface area (Å²) < 4.78 is 16.6. The van der Waals surface area contributed by atoms with E-state index < -0.39 is 0 Å². The molecule has 1 aromatic heterocycles. The maximum absolute atomic E-state index is 13.1. The van der Waals surface area contributed by atoms with Crippen molar-refractivity contribution in [3.05, 3.63) is 82.7 Å². The number of rotatable bonds is 8. The molecule has 0 bridgehead atoms. The number of aryl methyl sites for hydroxylation is 2. The fraction of sp³-hybridized carbons (Fsp3) is 0.360. The van der Waals surface area contributed by atoms with Gasteiger partial charge in [0.2, 0.25) is 0 Å². The molecule has 1 aliphatic rings. The predicted molar refractivity (Wildman–Crippen MR) is 121 cm³/mol. The molecule has 3 aromatic rings. The molecule has 0 spiro atoms. The third-order valence-electron chi connectivity index (χ3n) is 5.71. The molecule has 0 radical (unpaired) electrons. The zero-order valence-electron chi connectivity index (χ0n) is 18.5. The van der Waals surface area contributed by atoms with Crippen LogP contribution in [0.1, 0.15) is 39.0 Å². The lowest BCUT2D eigenvalue weighted by molar-refractivity contribution is 0.0332. The van der Waals surface area contributed by atoms with E-state index in [0.717, 1.165) is 55.4 Å². The van der Waals surface area contributed by atoms with Gasteiger partial charge < -0.3 is 19.3 Å². The van der Waals surface area contributed by atoms with Gasteiger partial charge in [0, 0.05) is 25.2 Å². The Bertz CT molecular complexity index is 1010. The van der Waals surface area contributed by atoms with Crippen LogP contribution in [0.25, 0.3) is 0 Å². The maximum atomic E-state index is 13.1. The first-order chi connectivity index (χ1) is 15.6. The molecule has 0 aliphatic carbocycles. The molecule has 1 atom stereocenters. The van der Waals surface area contributed by atoms with E-state index in [-0.39, 0.29) is 11.9 Å². The molecular formula is C25H29N3O4. The van der Waals surface area contributed by atoms with E-state index in [1.807, 2.05) is 44.2 Å². The number of ether oxygens (including phenoxy) is 2. The second-order valence-electron chi connectivity index (χ2n) is 7.97. The van der Waals surface area contributed by atoms with E-state index >= 15 is 0 Å². The third kappa shape index (κ3) is 5.55. The van der Waals surface area contributed by atoms with Crippen molar-refractivity contribution >= 4 is 5.91 Å². The molecule has 0 unspecified atom stereocenters. The first-order valence-corrected chi connectivity index (χ1v) is 10.9. The van der Waals surface area contributed by atoms with E-state index in [9.17, 15) is 4.79 Å². The van der Waals surface area contributed by atoms with Crippen molar-refractivity contribution in [3.8, 4) is 5.75 Å². The Kier molecular flexibility index (Phi) is 7.19. The Morgan fingerprint density at radius 3 is 2.62 bits per heavy atom. The molecule has 1 saturated heterocycles. The van der Waals surface area contributed by atoms with Gasteiger partial charge in [-0.25, -0.2) is 0 Å². The van der Waals surface area contributed by atoms with Crippen molar-refractivity contribution in [2.24, 2.45) is 0 Å². The second kappa shape index (κ2) is 10.4. The Labute approximate surface area is 188 Å². The number of amides is 1. The van der Waals surface area contributed by atoms with Gasteiger partial charge in [0.05, 0.1) is 30.5 Å². The molecule has 2 aromatic carbocycles. The van der Waals surface area contributed by atoms with Crippen LogP contribution in [0.2, 0.25) is 0 Å². The molecule has 32 heavy (non-hydrogen) atoms. The highest BCUT2D eigenvalue weighted by Crippen LogP contribution is 2.20. The Morgan fingerprint density at radius 2 is 1.91 bits per heavy atom. The van der Waals surface area contributed by atoms with Crippen LogP contribution in [-0.4, -0.2) is 48.8 Å². The largest absolute Gasteiger partial charge is 0.489 e. The van der Waals surface area contributed by atoms with Gasteiger partial charge in [0.25, 0.3) is 5.91 Å². The van der Waals surface area contributed by atoms with Crippen LogP contribution in [0, 0.1) is 13.8 Å². The van der Waals surface area contributed by atoms with Crippen molar-refractivity contribution in [3.63, 3.8) is 0 Å². The average molecular weight is 436 g/mol. The Morgan fingerprint density at radius 1 is 1.12 bits per heavy atom. The number of aromatic nitrogens is 1. The molecule has 1 aliphatic heterocycles. The lowest BCUT2D eigenvalue weighted by Crippen LogP contribution is -2.43. The molecule has 1 fully saturated rings. The summed E-state index contributed by atoms with van der Waals surface area (Å²) in [4.78, 5) is 15.5. The topological polar surface area (TPSA) is 76.8 Å². The van der Waals surface area contributed by atoms with Gasteiger partial charge in [-0.05, 0) is 37.6 Å². The van der Waals surface area contributed by atoms with Crippen molar-refractivity contribution in [2.75, 3.05) is 32.8 Å². The van der Waals surface area contributed by atoms with E-state index in [4.69, 9.17) is 14.0 Å². The Hall–Kier alpha value is -3.16. The SMILES string of the molecule is Cc1noc(C)c1COc1cccc(C(=O)N[C@@H](CN2CCOCC2)c2ccccc2)c1. The lowest BCUT2D eigenvalue weighted by atomic mass is 10.1. The van der Waals surface area contributed by atoms with Crippen molar-refractivity contribution in [1.29, 1.82) is 0 Å². The molecule has 168 valence electrons. The summed E-state index contributed by atoms with van der Waals surface area (Å²) in [6.45, 7) is 8.00. The highest BCUT2D eigenvalue weighted by molar-refractivity contribution is 5.94. The molecule has 1 amide bonds. The molecule has 1 N–H and O–H groups in total. The number of nitrogens with one attached hydrogen (secondary N) is 1. The number of carbonyl (C=O) groups excluding carboxylic acids is 1. The highest BCUT2D eigenvalue weighted by atomic mass is 16.5. The number of benzene rings is 2. The number of hydrogen-bond donors (Lipinski definition) is 1. The fourth-order valence-corrected chi connectivity index (χ4v) is 3.79. The number of hydrogen-bond acceptors (Lipinski definition) is 6. The lowest BCUT2D eigenvalue weighted by Gasteiger charge is -2.31. The van der Waals surface area contributed by atoms with Crippen LogP contribution >= 0.6 is 0 Å². The summed E-state index contributed by atoms with van der Waals surface area (Å²) in [5.41, 5.74) is 3.38. The summed E-state index contributed by atoms with van der Waals surface area (Å²) in [6.07, 6.45) is 0. The van der Waals surface area contributed by atoms with Crippen LogP contribution in [-0.2, 0) is 11.3 Å². The minimum atomic E-state index is -0.130. The van der Waals surface area contributed by atoms with Crippen LogP contribution in [0.3, 0.4) is 0 Å². The molecule has 7 nitrogen and oxygen atoms in total. The van der Waals surface area contributed by atoms with Gasteiger partial charge in [0.1, 0.15) is 18.1 Å². The van der Waals surface area contributed by atoms with E-state index in [0.29, 0.717) is 17.9 Å². The summed E-state index contributed by atoms with van der Waals surface area (Å²) in [5.74, 6) is 1.24. The van der Waals surface area contributed by atoms with Crippen LogP contribution in [0.5, 0.6) is 5.75 Å². The normalized spacial score (nSPS) is 15.3. The van der Waals surface area contributed by atoms with E-state index in [1.165, 1.54) is 0 Å². The van der Waals surface area contributed by atoms with Gasteiger partial charge >= 0.3 is 0 Å². The minimum absolute atomic E-state index is 0.117. The van der Waals surface area contributed by atoms with Crippen LogP contribution in [0.4, 0.5) is 0 Å². The predicted octanol–water partition coefficient (Wildman–Crippen LogP) is 3.67. The summed E-state index contributed by atoms with van der Waals surface area (Å²) in [7, 11) is 0. The van der Waals surface area contributed by atoms with Gasteiger partial charge in [-0.15, -0.1) is 0 Å². The summed E-state index contributed by atoms with van der Waals surface area (Å²) in [5, 5.41) is 7.16. The average Bonchev–Trinajstić information content (AvgIpc) is 3.15. The van der Waals surface area contributed by atoms with Gasteiger partial charge in [-0.1, -0.05) is 41.6 Å². The van der Waals surface area contributed by atoms with Gasteiger partial charge in [-0.2, -0.15) is 0 Å². The van der Waals surface area contributed by atoms with E-state index in [2.05, 4.69) is 27.5 Å². The summed E-state index contributed by atoms with van der Waals surface area (Å²) >= 11 is 0. The van der Waals surface area contributed by atoms with Crippen LogP contribution < -0.4 is 10.1 Å². The molecule has 4 rings (SSSR count). The van der Waals surface area contributed by atoms with Crippen molar-refractivity contribution in [2.45, 2.75) is 26.5 Å². The van der Waals surface area contributed by atoms with Crippen LogP contribution in [0.15, 0.2) is 59.1 Å². The second-order valence-corrected chi connectivity index (χ2v) is 7.97. The molecular weight excluding hydrogens is 406 g/mol. The van der Waals surface area contributed by atoms with Gasteiger partial charge in [0.15, 0.2) is 0 Å². The zero-order valence-corrected chi connectivity index (χ0v) is 18.5. The zero-order chi connectivity index (χ0) is 22.3. The number of nitrogens with zero attached hydrogens (tertiary/aromatic N) is 2. The highest BCUT2D eigenvalue weighted by Gasteiger charge is 2.21. The molecule has 0 saturated carbocycles. The van der Waals surface area contributed by atoms with E-state index in [1.54, 1.807) is 12.1 Å². The monoisotopic (exact) mass is 435 g/mol. The van der Waals surface area contributed by atoms with Crippen molar-refractivity contribution in [1.82, 2.24) is 15.4 Å². The smallest absolute Gasteiger partial charge is 0.251 e. The molecule has 2 heterocycles. The first kappa shape index (κ1) is 22.0.